The third-order valence-corrected chi connectivity index (χ3v) is 4.81. The van der Waals surface area contributed by atoms with E-state index in [-0.39, 0.29) is 0 Å². The highest BCUT2D eigenvalue weighted by atomic mass is 79.9. The summed E-state index contributed by atoms with van der Waals surface area (Å²) in [4.78, 5) is 0. The third kappa shape index (κ3) is 6.29. The summed E-state index contributed by atoms with van der Waals surface area (Å²) in [6, 6.07) is 28.7. The summed E-state index contributed by atoms with van der Waals surface area (Å²) in [5.41, 5.74) is 4.38. The maximum absolute atomic E-state index is 4.68. The Morgan fingerprint density at radius 2 is 1.37 bits per heavy atom. The highest BCUT2D eigenvalue weighted by Gasteiger charge is 2.04. The average molecular weight is 455 g/mol. The minimum Gasteiger partial charge on any atom is -0.241 e. The van der Waals surface area contributed by atoms with Crippen molar-refractivity contribution in [2.75, 3.05) is 5.01 Å². The summed E-state index contributed by atoms with van der Waals surface area (Å²) < 4.78 is 1.03. The van der Waals surface area contributed by atoms with Crippen LogP contribution in [-0.2, 0) is 0 Å². The Kier molecular flexibility index (Phi) is 8.19. The van der Waals surface area contributed by atoms with E-state index in [0.717, 1.165) is 26.9 Å². The number of benzene rings is 3. The molecule has 0 aliphatic rings. The van der Waals surface area contributed by atoms with Crippen LogP contribution < -0.4 is 5.01 Å². The van der Waals surface area contributed by atoms with Gasteiger partial charge in [0.15, 0.2) is 0 Å². The van der Waals surface area contributed by atoms with E-state index < -0.39 is 0 Å². The van der Waals surface area contributed by atoms with Gasteiger partial charge in [0.25, 0.3) is 0 Å². The zero-order valence-electron chi connectivity index (χ0n) is 16.6. The number of hydrogen-bond acceptors (Lipinski definition) is 2. The Balaban J connectivity index is 1.94. The van der Waals surface area contributed by atoms with Crippen molar-refractivity contribution in [1.82, 2.24) is 0 Å². The summed E-state index contributed by atoms with van der Waals surface area (Å²) in [5.74, 6) is 0. The lowest BCUT2D eigenvalue weighted by molar-refractivity contribution is 1.08. The van der Waals surface area contributed by atoms with Gasteiger partial charge in [0.2, 0.25) is 0 Å². The van der Waals surface area contributed by atoms with Gasteiger partial charge in [0.1, 0.15) is 0 Å². The number of hydrogen-bond donors (Lipinski definition) is 0. The second-order valence-electron chi connectivity index (χ2n) is 6.36. The molecule has 0 saturated carbocycles. The molecule has 0 unspecified atom stereocenters. The Morgan fingerprint density at radius 3 is 1.93 bits per heavy atom. The van der Waals surface area contributed by atoms with Crippen LogP contribution in [0.3, 0.4) is 0 Å². The molecule has 0 spiro atoms. The molecule has 0 aliphatic heterocycles. The Hall–Kier alpha value is -3.43. The molecule has 0 aromatic heterocycles. The minimum atomic E-state index is 0.965. The molecule has 0 saturated heterocycles. The lowest BCUT2D eigenvalue weighted by atomic mass is 9.98. The van der Waals surface area contributed by atoms with Crippen molar-refractivity contribution in [2.45, 2.75) is 0 Å². The van der Waals surface area contributed by atoms with Crippen molar-refractivity contribution >= 4 is 33.4 Å². The van der Waals surface area contributed by atoms with E-state index in [4.69, 9.17) is 0 Å². The summed E-state index contributed by atoms with van der Waals surface area (Å²) in [7, 11) is 0. The quantitative estimate of drug-likeness (QED) is 0.194. The van der Waals surface area contributed by atoms with Crippen LogP contribution in [0.5, 0.6) is 0 Å². The van der Waals surface area contributed by atoms with Crippen LogP contribution in [-0.4, -0.2) is 6.21 Å². The second kappa shape index (κ2) is 11.5. The molecule has 0 atom stereocenters. The van der Waals surface area contributed by atoms with E-state index in [9.17, 15) is 0 Å². The summed E-state index contributed by atoms with van der Waals surface area (Å²) in [5, 5.41) is 6.52. The fraction of sp³-hybridized carbons (Fsp3) is 0. The molecule has 0 heterocycles. The first-order valence-electron chi connectivity index (χ1n) is 9.64. The molecule has 3 rings (SSSR count). The molecule has 3 aromatic carbocycles. The van der Waals surface area contributed by atoms with Gasteiger partial charge in [-0.2, -0.15) is 5.10 Å². The topological polar surface area (TPSA) is 15.6 Å². The number of allylic oxidation sites excluding steroid dienone is 5. The SMILES string of the molecule is C=C/C=C\C=C/N(/N=C\C=C(c1ccccc1)c1ccccc1)c1ccc(Br)cc1. The number of rotatable bonds is 8. The molecule has 30 heavy (non-hydrogen) atoms. The van der Waals surface area contributed by atoms with E-state index in [1.165, 1.54) is 0 Å². The first kappa shape index (κ1) is 21.3. The van der Waals surface area contributed by atoms with Crippen molar-refractivity contribution in [3.63, 3.8) is 0 Å². The van der Waals surface area contributed by atoms with Crippen molar-refractivity contribution in [2.24, 2.45) is 5.10 Å². The van der Waals surface area contributed by atoms with Gasteiger partial charge in [-0.05, 0) is 53.1 Å². The number of nitrogens with zero attached hydrogens (tertiary/aromatic N) is 2. The largest absolute Gasteiger partial charge is 0.241 e. The predicted molar refractivity (Wildman–Crippen MR) is 134 cm³/mol. The summed E-state index contributed by atoms with van der Waals surface area (Å²) in [6.45, 7) is 3.69. The van der Waals surface area contributed by atoms with Gasteiger partial charge in [-0.1, -0.05) is 101 Å². The van der Waals surface area contributed by atoms with Gasteiger partial charge < -0.3 is 0 Å². The Bertz CT molecular complexity index is 1010. The molecular formula is C27H23BrN2. The van der Waals surface area contributed by atoms with Crippen LogP contribution in [0.4, 0.5) is 5.69 Å². The number of halogens is 1. The monoisotopic (exact) mass is 454 g/mol. The van der Waals surface area contributed by atoms with Crippen LogP contribution >= 0.6 is 15.9 Å². The molecule has 148 valence electrons. The van der Waals surface area contributed by atoms with Gasteiger partial charge in [-0.3, -0.25) is 0 Å². The smallest absolute Gasteiger partial charge is 0.0646 e. The van der Waals surface area contributed by atoms with Gasteiger partial charge in [0.05, 0.1) is 5.69 Å². The van der Waals surface area contributed by atoms with Gasteiger partial charge in [0, 0.05) is 16.9 Å². The molecule has 0 radical (unpaired) electrons. The van der Waals surface area contributed by atoms with Crippen LogP contribution in [0.15, 0.2) is 138 Å². The fourth-order valence-electron chi connectivity index (χ4n) is 2.83. The Labute approximate surface area is 187 Å². The molecule has 2 nitrogen and oxygen atoms in total. The predicted octanol–water partition coefficient (Wildman–Crippen LogP) is 7.63. The fourth-order valence-corrected chi connectivity index (χ4v) is 3.10. The lowest BCUT2D eigenvalue weighted by Crippen LogP contribution is -2.07. The average Bonchev–Trinajstić information content (AvgIpc) is 2.80. The standard InChI is InChI=1S/C27H23BrN2/c1-2-3-4-11-22-30(26-18-16-25(28)17-19-26)29-21-20-27(23-12-7-5-8-13-23)24-14-9-6-10-15-24/h2-22H,1H2/b4-3-,22-11-,29-21-. The maximum atomic E-state index is 4.68. The molecule has 3 heteroatoms. The highest BCUT2D eigenvalue weighted by Crippen LogP contribution is 2.23. The third-order valence-electron chi connectivity index (χ3n) is 4.28. The first-order valence-corrected chi connectivity index (χ1v) is 10.4. The van der Waals surface area contributed by atoms with Crippen molar-refractivity contribution < 1.29 is 0 Å². The van der Waals surface area contributed by atoms with E-state index in [1.54, 1.807) is 6.08 Å². The van der Waals surface area contributed by atoms with E-state index in [1.807, 2.05) is 102 Å². The highest BCUT2D eigenvalue weighted by molar-refractivity contribution is 9.10. The normalized spacial score (nSPS) is 11.2. The minimum absolute atomic E-state index is 0.965. The summed E-state index contributed by atoms with van der Waals surface area (Å²) >= 11 is 3.48. The molecule has 3 aromatic rings. The second-order valence-corrected chi connectivity index (χ2v) is 7.28. The maximum Gasteiger partial charge on any atom is 0.0646 e. The molecule has 0 amide bonds. The van der Waals surface area contributed by atoms with Crippen LogP contribution in [0, 0.1) is 0 Å². The first-order chi connectivity index (χ1) is 14.8. The van der Waals surface area contributed by atoms with Crippen molar-refractivity contribution in [3.05, 3.63) is 144 Å². The van der Waals surface area contributed by atoms with Crippen LogP contribution in [0.25, 0.3) is 5.57 Å². The van der Waals surface area contributed by atoms with Crippen LogP contribution in [0.1, 0.15) is 11.1 Å². The van der Waals surface area contributed by atoms with Crippen molar-refractivity contribution in [3.8, 4) is 0 Å². The zero-order chi connectivity index (χ0) is 21.0. The lowest BCUT2D eigenvalue weighted by Gasteiger charge is -2.14. The Morgan fingerprint density at radius 1 is 0.767 bits per heavy atom. The molecule has 0 fully saturated rings. The van der Waals surface area contributed by atoms with Crippen LogP contribution in [0.2, 0.25) is 0 Å². The summed E-state index contributed by atoms with van der Waals surface area (Å²) in [6.07, 6.45) is 13.3. The van der Waals surface area contributed by atoms with Gasteiger partial charge in [-0.25, -0.2) is 5.01 Å². The molecule has 0 N–H and O–H groups in total. The van der Waals surface area contributed by atoms with Crippen molar-refractivity contribution in [1.29, 1.82) is 0 Å². The molecule has 0 bridgehead atoms. The zero-order valence-corrected chi connectivity index (χ0v) is 18.2. The number of hydrazone groups is 1. The number of anilines is 1. The molecule has 0 aliphatic carbocycles. The van der Waals surface area contributed by atoms with E-state index in [2.05, 4.69) is 51.9 Å². The van der Waals surface area contributed by atoms with E-state index >= 15 is 0 Å². The van der Waals surface area contributed by atoms with E-state index in [0.29, 0.717) is 0 Å². The molecular weight excluding hydrogens is 432 g/mol. The van der Waals surface area contributed by atoms with Gasteiger partial charge >= 0.3 is 0 Å². The van der Waals surface area contributed by atoms with Gasteiger partial charge in [-0.15, -0.1) is 0 Å².